The molecule has 0 aromatic heterocycles. The number of carbonyl (C=O) groups excluding carboxylic acids is 3. The maximum atomic E-state index is 14.2. The lowest BCUT2D eigenvalue weighted by molar-refractivity contribution is -0.148. The van der Waals surface area contributed by atoms with Gasteiger partial charge in [-0.05, 0) is 43.9 Å². The van der Waals surface area contributed by atoms with E-state index in [1.54, 1.807) is 12.1 Å². The van der Waals surface area contributed by atoms with E-state index >= 15 is 0 Å². The molecule has 2 aromatic carbocycles. The van der Waals surface area contributed by atoms with Gasteiger partial charge in [0.25, 0.3) is 0 Å². The number of benzene rings is 2. The molecule has 3 heterocycles. The summed E-state index contributed by atoms with van der Waals surface area (Å²) < 4.78 is 6.57. The van der Waals surface area contributed by atoms with Gasteiger partial charge in [0.1, 0.15) is 11.6 Å². The lowest BCUT2D eigenvalue weighted by Crippen LogP contribution is -2.54. The van der Waals surface area contributed by atoms with Gasteiger partial charge in [-0.3, -0.25) is 14.4 Å². The van der Waals surface area contributed by atoms with E-state index in [4.69, 9.17) is 16.3 Å². The van der Waals surface area contributed by atoms with E-state index in [2.05, 4.69) is 10.6 Å². The molecular weight excluding hydrogens is 482 g/mol. The van der Waals surface area contributed by atoms with E-state index in [1.165, 1.54) is 11.9 Å². The number of carbonyl (C=O) groups is 3. The van der Waals surface area contributed by atoms with Gasteiger partial charge in [0.05, 0.1) is 40.8 Å². The minimum absolute atomic E-state index is 0.291. The predicted molar refractivity (Wildman–Crippen MR) is 134 cm³/mol. The number of aliphatic hydroxyl groups is 1. The SMILES string of the molecule is CNC(=O)[C@@H]1[C@H]2C(=O)N([C@H](CO)c3ccccc3)C(C(=O)Nc3c(C)cccc3Cl)C23CC[C@@]1(C)O3. The molecule has 8 nitrogen and oxygen atoms in total. The van der Waals surface area contributed by atoms with Gasteiger partial charge in [-0.1, -0.05) is 54.1 Å². The highest BCUT2D eigenvalue weighted by molar-refractivity contribution is 6.34. The molecule has 190 valence electrons. The number of hydrogen-bond donors (Lipinski definition) is 3. The number of aryl methyl sites for hydroxylation is 1. The minimum atomic E-state index is -1.20. The van der Waals surface area contributed by atoms with E-state index in [-0.39, 0.29) is 11.8 Å². The molecule has 9 heteroatoms. The monoisotopic (exact) mass is 511 g/mol. The summed E-state index contributed by atoms with van der Waals surface area (Å²) in [5.74, 6) is -2.72. The molecule has 5 rings (SSSR count). The molecule has 36 heavy (non-hydrogen) atoms. The fourth-order valence-electron chi connectivity index (χ4n) is 6.57. The summed E-state index contributed by atoms with van der Waals surface area (Å²) in [5, 5.41) is 16.5. The summed E-state index contributed by atoms with van der Waals surface area (Å²) in [6.45, 7) is 3.28. The number of nitrogens with one attached hydrogen (secondary N) is 2. The number of fused-ring (bicyclic) bond motifs is 1. The van der Waals surface area contributed by atoms with Crippen molar-refractivity contribution in [2.24, 2.45) is 11.8 Å². The second kappa shape index (κ2) is 8.87. The molecule has 3 aliphatic rings. The Labute approximate surface area is 215 Å². The van der Waals surface area contributed by atoms with Crippen molar-refractivity contribution >= 4 is 35.0 Å². The molecule has 3 amide bonds. The molecule has 2 unspecified atom stereocenters. The summed E-state index contributed by atoms with van der Waals surface area (Å²) >= 11 is 6.41. The van der Waals surface area contributed by atoms with Gasteiger partial charge < -0.3 is 25.4 Å². The Hall–Kier alpha value is -2.94. The van der Waals surface area contributed by atoms with Crippen LogP contribution in [0.25, 0.3) is 0 Å². The molecule has 1 spiro atoms. The maximum absolute atomic E-state index is 14.2. The van der Waals surface area contributed by atoms with Crippen molar-refractivity contribution in [2.45, 2.75) is 50.0 Å². The van der Waals surface area contributed by atoms with Gasteiger partial charge in [-0.15, -0.1) is 0 Å². The fraction of sp³-hybridized carbons (Fsp3) is 0.444. The van der Waals surface area contributed by atoms with Gasteiger partial charge >= 0.3 is 0 Å². The Balaban J connectivity index is 1.64. The van der Waals surface area contributed by atoms with Gasteiger partial charge in [0.2, 0.25) is 17.7 Å². The number of nitrogens with zero attached hydrogens (tertiary/aromatic N) is 1. The van der Waals surface area contributed by atoms with Crippen LogP contribution in [0.2, 0.25) is 5.02 Å². The summed E-state index contributed by atoms with van der Waals surface area (Å²) in [7, 11) is 1.53. The summed E-state index contributed by atoms with van der Waals surface area (Å²) in [4.78, 5) is 42.7. The molecule has 3 saturated heterocycles. The van der Waals surface area contributed by atoms with Crippen LogP contribution in [0.15, 0.2) is 48.5 Å². The van der Waals surface area contributed by atoms with Crippen molar-refractivity contribution in [2.75, 3.05) is 19.0 Å². The fourth-order valence-corrected chi connectivity index (χ4v) is 6.84. The second-order valence-electron chi connectivity index (χ2n) is 10.1. The zero-order chi connectivity index (χ0) is 25.8. The van der Waals surface area contributed by atoms with Crippen molar-refractivity contribution in [1.29, 1.82) is 0 Å². The Bertz CT molecular complexity index is 1200. The van der Waals surface area contributed by atoms with Crippen molar-refractivity contribution in [3.8, 4) is 0 Å². The predicted octanol–water partition coefficient (Wildman–Crippen LogP) is 2.83. The zero-order valence-electron chi connectivity index (χ0n) is 20.5. The van der Waals surface area contributed by atoms with Gasteiger partial charge in [0, 0.05) is 7.05 Å². The number of aliphatic hydroxyl groups excluding tert-OH is 1. The molecule has 6 atom stereocenters. The summed E-state index contributed by atoms with van der Waals surface area (Å²) in [6.07, 6.45) is 0.975. The first-order valence-corrected chi connectivity index (χ1v) is 12.5. The van der Waals surface area contributed by atoms with Crippen LogP contribution in [0.4, 0.5) is 5.69 Å². The third kappa shape index (κ3) is 3.46. The van der Waals surface area contributed by atoms with Crippen molar-refractivity contribution in [3.05, 3.63) is 64.7 Å². The number of rotatable bonds is 6. The maximum Gasteiger partial charge on any atom is 0.250 e. The Morgan fingerprint density at radius 1 is 1.17 bits per heavy atom. The number of anilines is 1. The standard InChI is InChI=1S/C27H30ClN3O5/c1-15-8-7-11-17(28)21(15)30-24(34)22-27-13-12-26(2,36-27)19(23(33)29-3)20(27)25(35)31(22)18(14-32)16-9-5-4-6-10-16/h4-11,18-20,22,32H,12-14H2,1-3H3,(H,29,33)(H,30,34)/t18-,19+,20+,22?,26-,27?/m1/s1. The zero-order valence-corrected chi connectivity index (χ0v) is 21.2. The van der Waals surface area contributed by atoms with Crippen LogP contribution in [-0.2, 0) is 19.1 Å². The quantitative estimate of drug-likeness (QED) is 0.552. The molecule has 2 bridgehead atoms. The molecule has 3 fully saturated rings. The highest BCUT2D eigenvalue weighted by Crippen LogP contribution is 2.64. The van der Waals surface area contributed by atoms with Crippen molar-refractivity contribution in [1.82, 2.24) is 10.2 Å². The van der Waals surface area contributed by atoms with E-state index in [0.29, 0.717) is 29.1 Å². The number of halogens is 1. The average Bonchev–Trinajstić information content (AvgIpc) is 3.43. The highest BCUT2D eigenvalue weighted by atomic mass is 35.5. The molecule has 2 aromatic rings. The molecule has 3 aliphatic heterocycles. The van der Waals surface area contributed by atoms with Crippen LogP contribution in [0.1, 0.15) is 36.9 Å². The molecule has 0 saturated carbocycles. The molecule has 3 N–H and O–H groups in total. The third-order valence-corrected chi connectivity index (χ3v) is 8.47. The van der Waals surface area contributed by atoms with Crippen LogP contribution in [0, 0.1) is 18.8 Å². The first kappa shape index (κ1) is 24.7. The second-order valence-corrected chi connectivity index (χ2v) is 10.5. The number of para-hydroxylation sites is 1. The Morgan fingerprint density at radius 2 is 1.89 bits per heavy atom. The van der Waals surface area contributed by atoms with Gasteiger partial charge in [0.15, 0.2) is 0 Å². The largest absolute Gasteiger partial charge is 0.394 e. The minimum Gasteiger partial charge on any atom is -0.394 e. The van der Waals surface area contributed by atoms with Gasteiger partial charge in [-0.2, -0.15) is 0 Å². The molecule has 0 radical (unpaired) electrons. The lowest BCUT2D eigenvalue weighted by atomic mass is 9.66. The molecular formula is C27H30ClN3O5. The van der Waals surface area contributed by atoms with Crippen LogP contribution in [0.3, 0.4) is 0 Å². The molecule has 0 aliphatic carbocycles. The number of likely N-dealkylation sites (tertiary alicyclic amines) is 1. The average molecular weight is 512 g/mol. The first-order valence-electron chi connectivity index (χ1n) is 12.1. The topological polar surface area (TPSA) is 108 Å². The van der Waals surface area contributed by atoms with E-state index in [0.717, 1.165) is 5.56 Å². The van der Waals surface area contributed by atoms with Crippen molar-refractivity contribution < 1.29 is 24.2 Å². The normalized spacial score (nSPS) is 31.3. The Morgan fingerprint density at radius 3 is 2.53 bits per heavy atom. The lowest BCUT2D eigenvalue weighted by Gasteiger charge is -2.37. The van der Waals surface area contributed by atoms with Crippen LogP contribution in [0.5, 0.6) is 0 Å². The Kier molecular flexibility index (Phi) is 6.09. The van der Waals surface area contributed by atoms with E-state index < -0.39 is 47.6 Å². The van der Waals surface area contributed by atoms with Crippen molar-refractivity contribution in [3.63, 3.8) is 0 Å². The van der Waals surface area contributed by atoms with Gasteiger partial charge in [-0.25, -0.2) is 0 Å². The number of hydrogen-bond acceptors (Lipinski definition) is 5. The highest BCUT2D eigenvalue weighted by Gasteiger charge is 2.78. The van der Waals surface area contributed by atoms with Crippen LogP contribution < -0.4 is 10.6 Å². The van der Waals surface area contributed by atoms with E-state index in [1.807, 2.05) is 50.2 Å². The number of ether oxygens (including phenoxy) is 1. The smallest absolute Gasteiger partial charge is 0.250 e. The first-order chi connectivity index (χ1) is 17.2. The van der Waals surface area contributed by atoms with Crippen LogP contribution in [-0.4, -0.2) is 58.6 Å². The number of amides is 3. The summed E-state index contributed by atoms with van der Waals surface area (Å²) in [5.41, 5.74) is -0.154. The van der Waals surface area contributed by atoms with E-state index in [9.17, 15) is 19.5 Å². The van der Waals surface area contributed by atoms with Crippen LogP contribution >= 0.6 is 11.6 Å². The third-order valence-electron chi connectivity index (χ3n) is 8.15. The summed E-state index contributed by atoms with van der Waals surface area (Å²) in [6, 6.07) is 12.5.